The van der Waals surface area contributed by atoms with E-state index >= 15 is 0 Å². The molecule has 21 heavy (non-hydrogen) atoms. The number of aryl methyl sites for hydroxylation is 2. The number of rotatable bonds is 3. The fourth-order valence-corrected chi connectivity index (χ4v) is 1.90. The molecule has 2 rings (SSSR count). The van der Waals surface area contributed by atoms with Gasteiger partial charge < -0.3 is 9.42 Å². The molecule has 0 bridgehead atoms. The molecule has 0 aliphatic rings. The van der Waals surface area contributed by atoms with E-state index in [1.807, 2.05) is 34.6 Å². The lowest BCUT2D eigenvalue weighted by Gasteiger charge is -2.15. The summed E-state index contributed by atoms with van der Waals surface area (Å²) in [5, 5.41) is 10.7. The summed E-state index contributed by atoms with van der Waals surface area (Å²) >= 11 is 0. The van der Waals surface area contributed by atoms with Crippen LogP contribution in [0.4, 0.5) is 0 Å². The number of amides is 1. The summed E-state index contributed by atoms with van der Waals surface area (Å²) in [5.41, 5.74) is 1.53. The monoisotopic (exact) mass is 291 g/mol. The average molecular weight is 291 g/mol. The van der Waals surface area contributed by atoms with Gasteiger partial charge in [0.25, 0.3) is 5.91 Å². The Kier molecular flexibility index (Phi) is 3.85. The van der Waals surface area contributed by atoms with Crippen LogP contribution in [0.3, 0.4) is 0 Å². The summed E-state index contributed by atoms with van der Waals surface area (Å²) in [6.07, 6.45) is 0. The normalized spacial score (nSPS) is 11.7. The Bertz CT molecular complexity index is 631. The molecule has 1 N–H and O–H groups in total. The fraction of sp³-hybridized carbons (Fsp3) is 0.571. The van der Waals surface area contributed by atoms with Crippen molar-refractivity contribution in [3.63, 3.8) is 0 Å². The van der Waals surface area contributed by atoms with Crippen molar-refractivity contribution in [3.8, 4) is 0 Å². The molecule has 0 saturated carbocycles. The number of hydrogen-bond donors (Lipinski definition) is 1. The molecule has 0 aliphatic heterocycles. The van der Waals surface area contributed by atoms with Gasteiger partial charge in [0.1, 0.15) is 11.6 Å². The molecule has 2 heterocycles. The van der Waals surface area contributed by atoms with Crippen LogP contribution in [0.5, 0.6) is 0 Å². The van der Waals surface area contributed by atoms with Gasteiger partial charge >= 0.3 is 0 Å². The van der Waals surface area contributed by atoms with Gasteiger partial charge in [-0.2, -0.15) is 0 Å². The zero-order valence-corrected chi connectivity index (χ0v) is 13.3. The van der Waals surface area contributed by atoms with E-state index in [9.17, 15) is 4.79 Å². The molecule has 2 aromatic rings. The van der Waals surface area contributed by atoms with Crippen LogP contribution in [0.15, 0.2) is 4.52 Å². The standard InChI is InChI=1S/C14H21N5O2/c1-8-10(9(2)21-18-8)7-19(6)12(20)11-15-13(17-16-11)14(3,4)5/h7H2,1-6H3,(H,15,16,17). The Balaban J connectivity index is 2.15. The van der Waals surface area contributed by atoms with Crippen LogP contribution in [0.2, 0.25) is 0 Å². The lowest BCUT2D eigenvalue weighted by molar-refractivity contribution is 0.0772. The Morgan fingerprint density at radius 3 is 2.48 bits per heavy atom. The molecule has 0 fully saturated rings. The Hall–Kier alpha value is -2.18. The van der Waals surface area contributed by atoms with E-state index in [1.165, 1.54) is 0 Å². The third-order valence-electron chi connectivity index (χ3n) is 3.31. The van der Waals surface area contributed by atoms with Crippen LogP contribution in [0.25, 0.3) is 0 Å². The summed E-state index contributed by atoms with van der Waals surface area (Å²) in [4.78, 5) is 18.2. The lowest BCUT2D eigenvalue weighted by Crippen LogP contribution is -2.27. The molecule has 0 aromatic carbocycles. The number of nitrogens with one attached hydrogen (secondary N) is 1. The van der Waals surface area contributed by atoms with E-state index in [0.29, 0.717) is 12.4 Å². The molecule has 7 heteroatoms. The summed E-state index contributed by atoms with van der Waals surface area (Å²) in [7, 11) is 1.71. The van der Waals surface area contributed by atoms with Gasteiger partial charge in [-0.05, 0) is 13.8 Å². The van der Waals surface area contributed by atoms with Crippen molar-refractivity contribution in [2.45, 2.75) is 46.6 Å². The molecular formula is C14H21N5O2. The van der Waals surface area contributed by atoms with Gasteiger partial charge in [-0.25, -0.2) is 4.98 Å². The first kappa shape index (κ1) is 15.2. The minimum atomic E-state index is -0.234. The quantitative estimate of drug-likeness (QED) is 0.934. The fourth-order valence-electron chi connectivity index (χ4n) is 1.90. The van der Waals surface area contributed by atoms with Crippen LogP contribution in [0.1, 0.15) is 54.2 Å². The number of carbonyl (C=O) groups is 1. The van der Waals surface area contributed by atoms with Crippen molar-refractivity contribution in [3.05, 3.63) is 28.7 Å². The molecular weight excluding hydrogens is 270 g/mol. The number of carbonyl (C=O) groups excluding carboxylic acids is 1. The van der Waals surface area contributed by atoms with Crippen LogP contribution < -0.4 is 0 Å². The second-order valence-corrected chi connectivity index (χ2v) is 6.22. The first-order valence-electron chi connectivity index (χ1n) is 6.80. The third kappa shape index (κ3) is 3.12. The minimum absolute atomic E-state index is 0.175. The topological polar surface area (TPSA) is 87.9 Å². The van der Waals surface area contributed by atoms with Gasteiger partial charge in [0.2, 0.25) is 5.82 Å². The van der Waals surface area contributed by atoms with Crippen LogP contribution in [-0.4, -0.2) is 38.2 Å². The maximum atomic E-state index is 12.4. The van der Waals surface area contributed by atoms with Crippen molar-refractivity contribution < 1.29 is 9.32 Å². The first-order chi connectivity index (χ1) is 9.70. The summed E-state index contributed by atoms with van der Waals surface area (Å²) < 4.78 is 5.11. The second-order valence-electron chi connectivity index (χ2n) is 6.22. The highest BCUT2D eigenvalue weighted by Crippen LogP contribution is 2.18. The maximum Gasteiger partial charge on any atom is 0.293 e. The van der Waals surface area contributed by atoms with E-state index in [2.05, 4.69) is 20.3 Å². The molecule has 0 radical (unpaired) electrons. The summed E-state index contributed by atoms with van der Waals surface area (Å²) in [6.45, 7) is 10.1. The third-order valence-corrected chi connectivity index (χ3v) is 3.31. The Morgan fingerprint density at radius 1 is 1.33 bits per heavy atom. The summed E-state index contributed by atoms with van der Waals surface area (Å²) in [6, 6.07) is 0. The predicted octanol–water partition coefficient (Wildman–Crippen LogP) is 1.98. The average Bonchev–Trinajstić information content (AvgIpc) is 2.99. The molecule has 7 nitrogen and oxygen atoms in total. The largest absolute Gasteiger partial charge is 0.361 e. The molecule has 0 atom stereocenters. The Labute approximate surface area is 123 Å². The van der Waals surface area contributed by atoms with Gasteiger partial charge in [-0.1, -0.05) is 25.9 Å². The van der Waals surface area contributed by atoms with Gasteiger partial charge in [0.05, 0.1) is 12.2 Å². The zero-order valence-electron chi connectivity index (χ0n) is 13.3. The van der Waals surface area contributed by atoms with Crippen molar-refractivity contribution in [1.29, 1.82) is 0 Å². The molecule has 0 aliphatic carbocycles. The second kappa shape index (κ2) is 5.31. The van der Waals surface area contributed by atoms with Crippen molar-refractivity contribution >= 4 is 5.91 Å². The van der Waals surface area contributed by atoms with Crippen LogP contribution in [0, 0.1) is 13.8 Å². The molecule has 0 spiro atoms. The van der Waals surface area contributed by atoms with Gasteiger partial charge in [-0.15, -0.1) is 5.10 Å². The maximum absolute atomic E-state index is 12.4. The van der Waals surface area contributed by atoms with Crippen LogP contribution in [-0.2, 0) is 12.0 Å². The lowest BCUT2D eigenvalue weighted by atomic mass is 9.96. The van der Waals surface area contributed by atoms with E-state index in [-0.39, 0.29) is 17.1 Å². The van der Waals surface area contributed by atoms with E-state index < -0.39 is 0 Å². The number of nitrogens with zero attached hydrogens (tertiary/aromatic N) is 4. The van der Waals surface area contributed by atoms with Crippen molar-refractivity contribution in [1.82, 2.24) is 25.2 Å². The van der Waals surface area contributed by atoms with Gasteiger partial charge in [0, 0.05) is 18.0 Å². The van der Waals surface area contributed by atoms with Gasteiger partial charge in [-0.3, -0.25) is 9.89 Å². The highest BCUT2D eigenvalue weighted by atomic mass is 16.5. The van der Waals surface area contributed by atoms with Crippen molar-refractivity contribution in [2.24, 2.45) is 0 Å². The van der Waals surface area contributed by atoms with Crippen LogP contribution >= 0.6 is 0 Å². The molecule has 1 amide bonds. The smallest absolute Gasteiger partial charge is 0.293 e. The van der Waals surface area contributed by atoms with E-state index in [0.717, 1.165) is 17.0 Å². The minimum Gasteiger partial charge on any atom is -0.361 e. The molecule has 2 aromatic heterocycles. The molecule has 114 valence electrons. The number of H-pyrrole nitrogens is 1. The summed E-state index contributed by atoms with van der Waals surface area (Å²) in [5.74, 6) is 1.35. The van der Waals surface area contributed by atoms with Gasteiger partial charge in [0.15, 0.2) is 0 Å². The van der Waals surface area contributed by atoms with E-state index in [1.54, 1.807) is 11.9 Å². The highest BCUT2D eigenvalue weighted by Gasteiger charge is 2.24. The molecule has 0 unspecified atom stereocenters. The number of aromatic nitrogens is 4. The Morgan fingerprint density at radius 2 is 2.00 bits per heavy atom. The highest BCUT2D eigenvalue weighted by molar-refractivity contribution is 5.90. The first-order valence-corrected chi connectivity index (χ1v) is 6.80. The van der Waals surface area contributed by atoms with E-state index in [4.69, 9.17) is 4.52 Å². The number of aromatic amines is 1. The number of hydrogen-bond acceptors (Lipinski definition) is 5. The molecule has 0 saturated heterocycles. The van der Waals surface area contributed by atoms with Crippen molar-refractivity contribution in [2.75, 3.05) is 7.05 Å². The predicted molar refractivity (Wildman–Crippen MR) is 76.9 cm³/mol. The zero-order chi connectivity index (χ0) is 15.8. The SMILES string of the molecule is Cc1noc(C)c1CN(C)C(=O)c1n[nH]c(C(C)(C)C)n1.